The van der Waals surface area contributed by atoms with Gasteiger partial charge in [-0.25, -0.2) is 0 Å². The third-order valence-corrected chi connectivity index (χ3v) is 7.01. The summed E-state index contributed by atoms with van der Waals surface area (Å²) < 4.78 is 41.8. The van der Waals surface area contributed by atoms with E-state index in [9.17, 15) is 33.6 Å². The molecule has 0 aliphatic carbocycles. The zero-order valence-corrected chi connectivity index (χ0v) is 21.2. The Morgan fingerprint density at radius 2 is 1.70 bits per heavy atom. The molecule has 6 atom stereocenters. The van der Waals surface area contributed by atoms with Crippen LogP contribution in [0.3, 0.4) is 0 Å². The third kappa shape index (κ3) is 7.38. The highest BCUT2D eigenvalue weighted by atomic mass is 32.2. The number of rotatable bonds is 11. The van der Waals surface area contributed by atoms with E-state index >= 15 is 0 Å². The molecule has 1 amide bonds. The van der Waals surface area contributed by atoms with Gasteiger partial charge in [0.15, 0.2) is 0 Å². The highest BCUT2D eigenvalue weighted by Crippen LogP contribution is 2.28. The lowest BCUT2D eigenvalue weighted by atomic mass is 9.99. The Bertz CT molecular complexity index is 1140. The number of carbonyl (C=O) groups excluding carboxylic acids is 1. The molecule has 0 bridgehead atoms. The minimum Gasteiger partial charge on any atom is -0.462 e. The van der Waals surface area contributed by atoms with Crippen LogP contribution >= 0.6 is 0 Å². The first-order valence-electron chi connectivity index (χ1n) is 11.5. The van der Waals surface area contributed by atoms with Crippen LogP contribution < -0.4 is 19.6 Å². The molecule has 13 heteroatoms. The van der Waals surface area contributed by atoms with Gasteiger partial charge in [0.25, 0.3) is 0 Å². The minimum absolute atomic E-state index is 0.0432. The maximum atomic E-state index is 12.8. The summed E-state index contributed by atoms with van der Waals surface area (Å²) in [5.41, 5.74) is 0.990. The molecule has 2 aromatic carbocycles. The second kappa shape index (κ2) is 12.6. The lowest BCUT2D eigenvalue weighted by molar-refractivity contribution is -0.277. The first-order chi connectivity index (χ1) is 17.6. The fourth-order valence-corrected chi connectivity index (χ4v) is 4.89. The monoisotopic (exact) mass is 540 g/mol. The third-order valence-electron chi connectivity index (χ3n) is 5.89. The molecule has 3 rings (SSSR count). The maximum absolute atomic E-state index is 12.8. The highest BCUT2D eigenvalue weighted by molar-refractivity contribution is 7.86. The molecule has 12 nitrogen and oxygen atoms in total. The summed E-state index contributed by atoms with van der Waals surface area (Å²) in [6, 6.07) is 11.9. The van der Waals surface area contributed by atoms with Gasteiger partial charge in [0.05, 0.1) is 12.6 Å². The summed E-state index contributed by atoms with van der Waals surface area (Å²) in [6.07, 6.45) is -7.09. The van der Waals surface area contributed by atoms with E-state index in [1.54, 1.807) is 38.4 Å². The molecule has 6 N–H and O–H groups in total. The topological polar surface area (TPSA) is 184 Å². The zero-order chi connectivity index (χ0) is 27.2. The van der Waals surface area contributed by atoms with Crippen molar-refractivity contribution in [1.82, 2.24) is 10.6 Å². The lowest BCUT2D eigenvalue weighted by Gasteiger charge is -2.39. The summed E-state index contributed by atoms with van der Waals surface area (Å²) in [7, 11) is -0.934. The number of hydrogen-bond donors (Lipinski definition) is 6. The summed E-state index contributed by atoms with van der Waals surface area (Å²) >= 11 is 0. The Hall–Kier alpha value is -2.78. The fourth-order valence-electron chi connectivity index (χ4n) is 3.81. The number of likely N-dealkylation sites (N-methyl/N-ethyl adjacent to an activating group) is 2. The Morgan fingerprint density at radius 1 is 1.03 bits per heavy atom. The minimum atomic E-state index is -4.15. The number of aliphatic hydroxyl groups excluding tert-OH is 4. The zero-order valence-electron chi connectivity index (χ0n) is 20.4. The van der Waals surface area contributed by atoms with Crippen LogP contribution in [0.5, 0.6) is 11.5 Å². The number of hydrogen-bond acceptors (Lipinski definition) is 11. The lowest BCUT2D eigenvalue weighted by Crippen LogP contribution is -2.60. The fraction of sp³-hybridized carbons (Fsp3) is 0.458. The van der Waals surface area contributed by atoms with Gasteiger partial charge in [-0.2, -0.15) is 8.42 Å². The van der Waals surface area contributed by atoms with Gasteiger partial charge in [0.2, 0.25) is 12.2 Å². The van der Waals surface area contributed by atoms with Gasteiger partial charge in [0.1, 0.15) is 41.7 Å². The van der Waals surface area contributed by atoms with E-state index in [4.69, 9.17) is 13.7 Å². The van der Waals surface area contributed by atoms with E-state index in [0.29, 0.717) is 6.42 Å². The number of nitrogens with one attached hydrogen (secondary N) is 2. The van der Waals surface area contributed by atoms with Crippen LogP contribution in [0.4, 0.5) is 0 Å². The molecular weight excluding hydrogens is 508 g/mol. The molecule has 1 aliphatic rings. The van der Waals surface area contributed by atoms with E-state index in [1.165, 1.54) is 24.3 Å². The van der Waals surface area contributed by atoms with Crippen molar-refractivity contribution in [1.29, 1.82) is 0 Å². The van der Waals surface area contributed by atoms with Gasteiger partial charge in [0, 0.05) is 12.6 Å². The molecule has 0 radical (unpaired) electrons. The van der Waals surface area contributed by atoms with Crippen LogP contribution in [0.1, 0.15) is 11.1 Å². The van der Waals surface area contributed by atoms with Crippen molar-refractivity contribution in [2.45, 2.75) is 48.9 Å². The number of benzene rings is 2. The van der Waals surface area contributed by atoms with Crippen molar-refractivity contribution in [2.75, 3.05) is 20.7 Å². The molecule has 0 unspecified atom stereocenters. The highest BCUT2D eigenvalue weighted by Gasteiger charge is 2.45. The van der Waals surface area contributed by atoms with Crippen LogP contribution in [0.15, 0.2) is 48.5 Å². The molecule has 0 spiro atoms. The second-order valence-corrected chi connectivity index (χ2v) is 10.1. The van der Waals surface area contributed by atoms with Gasteiger partial charge in [-0.1, -0.05) is 30.3 Å². The first-order valence-corrected chi connectivity index (χ1v) is 13.1. The van der Waals surface area contributed by atoms with Crippen LogP contribution in [-0.2, 0) is 31.8 Å². The largest absolute Gasteiger partial charge is 0.462 e. The first kappa shape index (κ1) is 28.8. The van der Waals surface area contributed by atoms with E-state index in [1.807, 2.05) is 0 Å². The Balaban J connectivity index is 1.69. The van der Waals surface area contributed by atoms with Gasteiger partial charge in [-0.3, -0.25) is 4.79 Å². The number of para-hydroxylation sites is 1. The summed E-state index contributed by atoms with van der Waals surface area (Å²) in [5, 5.41) is 45.0. The van der Waals surface area contributed by atoms with Crippen LogP contribution in [0.25, 0.3) is 0 Å². The molecular formula is C24H32N2O10S. The van der Waals surface area contributed by atoms with E-state index in [2.05, 4.69) is 10.6 Å². The maximum Gasteiger partial charge on any atom is 0.313 e. The molecule has 204 valence electrons. The Labute approximate surface area is 214 Å². The van der Waals surface area contributed by atoms with Crippen molar-refractivity contribution in [2.24, 2.45) is 0 Å². The average molecular weight is 541 g/mol. The molecule has 1 fully saturated rings. The molecule has 1 saturated heterocycles. The number of aliphatic hydroxyl groups is 4. The van der Waals surface area contributed by atoms with E-state index in [-0.39, 0.29) is 23.0 Å². The van der Waals surface area contributed by atoms with Gasteiger partial charge in [-0.15, -0.1) is 0 Å². The van der Waals surface area contributed by atoms with Crippen LogP contribution in [-0.4, -0.2) is 92.2 Å². The summed E-state index contributed by atoms with van der Waals surface area (Å²) in [5.74, 6) is -0.630. The smallest absolute Gasteiger partial charge is 0.313 e. The molecule has 0 aromatic heterocycles. The average Bonchev–Trinajstić information content (AvgIpc) is 2.88. The standard InChI is InChI=1S/C24H32N2O10S/c1-25-17(23(31)26-2)11-14-7-9-16(10-8-14)36-37(32,33)13-15-5-3-4-6-18(15)34-24-22(30)21(29)20(28)19(12-27)35-24/h3-10,17,19-22,24-25,27-30H,11-13H2,1-2H3,(H,26,31)/t17-,19+,20-,21-,22+,24+/m0/s1. The molecule has 37 heavy (non-hydrogen) atoms. The molecule has 2 aromatic rings. The van der Waals surface area contributed by atoms with Crippen molar-refractivity contribution >= 4 is 16.0 Å². The van der Waals surface area contributed by atoms with Crippen LogP contribution in [0.2, 0.25) is 0 Å². The summed E-state index contributed by atoms with van der Waals surface area (Å²) in [6.45, 7) is -0.630. The number of ether oxygens (including phenoxy) is 2. The predicted octanol–water partition coefficient (Wildman–Crippen LogP) is -1.35. The van der Waals surface area contributed by atoms with Crippen molar-refractivity contribution in [3.05, 3.63) is 59.7 Å². The number of amides is 1. The van der Waals surface area contributed by atoms with E-state index < -0.39 is 59.2 Å². The Kier molecular flexibility index (Phi) is 9.84. The number of carbonyl (C=O) groups is 1. The Morgan fingerprint density at radius 3 is 2.32 bits per heavy atom. The molecule has 0 saturated carbocycles. The van der Waals surface area contributed by atoms with Gasteiger partial charge < -0.3 is 44.7 Å². The van der Waals surface area contributed by atoms with Gasteiger partial charge >= 0.3 is 10.1 Å². The van der Waals surface area contributed by atoms with E-state index in [0.717, 1.165) is 5.56 Å². The quantitative estimate of drug-likeness (QED) is 0.185. The SMILES string of the molecule is CNC(=O)[C@H](Cc1ccc(OS(=O)(=O)Cc2ccccc2O[C@@H]2O[C@H](CO)[C@H](O)[C@H](O)[C@H]2O)cc1)NC. The van der Waals surface area contributed by atoms with Crippen molar-refractivity contribution < 1.29 is 47.3 Å². The predicted molar refractivity (Wildman–Crippen MR) is 131 cm³/mol. The second-order valence-electron chi connectivity index (χ2n) is 8.51. The summed E-state index contributed by atoms with van der Waals surface area (Å²) in [4.78, 5) is 11.9. The van der Waals surface area contributed by atoms with Crippen molar-refractivity contribution in [3.63, 3.8) is 0 Å². The van der Waals surface area contributed by atoms with Crippen LogP contribution in [0, 0.1) is 0 Å². The molecule has 1 heterocycles. The molecule has 1 aliphatic heterocycles. The van der Waals surface area contributed by atoms with Crippen molar-refractivity contribution in [3.8, 4) is 11.5 Å². The normalized spacial score (nSPS) is 24.8. The van der Waals surface area contributed by atoms with Gasteiger partial charge in [-0.05, 0) is 37.2 Å².